The molecule has 3 N–H and O–H groups in total. The lowest BCUT2D eigenvalue weighted by Crippen LogP contribution is -2.43. The molecule has 1 atom stereocenters. The van der Waals surface area contributed by atoms with E-state index in [4.69, 9.17) is 4.43 Å². The fraction of sp³-hybridized carbons (Fsp3) is 0.441. The summed E-state index contributed by atoms with van der Waals surface area (Å²) in [5, 5.41) is 16.2. The van der Waals surface area contributed by atoms with Gasteiger partial charge in [-0.3, -0.25) is 10.1 Å². The molecule has 0 spiro atoms. The largest absolute Gasteiger partial charge is 0.477 e. The molecule has 0 saturated carbocycles. The number of rotatable bonds is 9. The van der Waals surface area contributed by atoms with E-state index in [9.17, 15) is 32.7 Å². The molecule has 0 aliphatic rings. The fourth-order valence-electron chi connectivity index (χ4n) is 4.96. The molecular formula is C34H42F3N5O5SSi. The van der Waals surface area contributed by atoms with Crippen molar-refractivity contribution < 1.29 is 32.3 Å². The highest BCUT2D eigenvalue weighted by atomic mass is 32.1. The Hall–Kier alpha value is -4.08. The number of nitrogens with one attached hydrogen (secondary N) is 2. The van der Waals surface area contributed by atoms with Gasteiger partial charge in [-0.05, 0) is 54.2 Å². The number of thiazole rings is 1. The van der Waals surface area contributed by atoms with E-state index in [2.05, 4.69) is 54.5 Å². The van der Waals surface area contributed by atoms with E-state index < -0.39 is 48.6 Å². The summed E-state index contributed by atoms with van der Waals surface area (Å²) in [5.41, 5.74) is -1.23. The Morgan fingerprint density at radius 1 is 1.08 bits per heavy atom. The number of carboxylic acids is 1. The number of urea groups is 1. The van der Waals surface area contributed by atoms with Gasteiger partial charge in [-0.1, -0.05) is 47.6 Å². The van der Waals surface area contributed by atoms with Gasteiger partial charge in [0.1, 0.15) is 16.4 Å². The summed E-state index contributed by atoms with van der Waals surface area (Å²) in [6.07, 6.45) is -1.94. The van der Waals surface area contributed by atoms with E-state index in [1.54, 1.807) is 23.6 Å². The number of halogens is 3. The number of pyridine rings is 2. The second kappa shape index (κ2) is 13.7. The molecule has 0 fully saturated rings. The van der Waals surface area contributed by atoms with E-state index in [1.807, 2.05) is 20.8 Å². The van der Waals surface area contributed by atoms with Crippen LogP contribution >= 0.6 is 11.3 Å². The number of aromatic nitrogens is 3. The minimum Gasteiger partial charge on any atom is -0.477 e. The monoisotopic (exact) mass is 717 g/mol. The average Bonchev–Trinajstić information content (AvgIpc) is 3.48. The first-order valence-corrected chi connectivity index (χ1v) is 19.5. The van der Waals surface area contributed by atoms with Crippen LogP contribution in [0.5, 0.6) is 0 Å². The van der Waals surface area contributed by atoms with Crippen molar-refractivity contribution in [3.05, 3.63) is 63.5 Å². The first kappa shape index (κ1) is 37.7. The number of alkyl halides is 3. The standard InChI is InChI=1S/C34H42F3N5O5SSi/c1-10-38-31(46)41-27-14-20(29-40-25(18-48-29)34(35,36)37)22(15-39-27)19-11-12-24-21(13-19)28(43)23(30(44)45)16-42(24)26(32(2,3)4)17-47-49(8,9)33(5,6)7/h11-16,18,26H,10,17H2,1-9H3,(H,44,45)(H2,38,39,41,46). The van der Waals surface area contributed by atoms with Crippen LogP contribution < -0.4 is 16.1 Å². The van der Waals surface area contributed by atoms with Crippen LogP contribution in [0.15, 0.2) is 46.8 Å². The van der Waals surface area contributed by atoms with Gasteiger partial charge in [0.05, 0.1) is 18.2 Å². The molecule has 1 unspecified atom stereocenters. The maximum atomic E-state index is 13.7. The predicted octanol–water partition coefficient (Wildman–Crippen LogP) is 8.65. The summed E-state index contributed by atoms with van der Waals surface area (Å²) in [6.45, 7) is 19.0. The van der Waals surface area contributed by atoms with Crippen molar-refractivity contribution in [2.45, 2.75) is 78.8 Å². The molecule has 264 valence electrons. The molecule has 49 heavy (non-hydrogen) atoms. The van der Waals surface area contributed by atoms with Crippen molar-refractivity contribution in [2.24, 2.45) is 5.41 Å². The molecule has 0 radical (unpaired) electrons. The average molecular weight is 718 g/mol. The van der Waals surface area contributed by atoms with E-state index in [-0.39, 0.29) is 39.5 Å². The molecule has 4 aromatic rings. The first-order chi connectivity index (χ1) is 22.5. The van der Waals surface area contributed by atoms with Crippen LogP contribution in [-0.4, -0.2) is 53.1 Å². The van der Waals surface area contributed by atoms with Crippen molar-refractivity contribution in [1.82, 2.24) is 19.9 Å². The van der Waals surface area contributed by atoms with Gasteiger partial charge < -0.3 is 19.4 Å². The number of benzene rings is 1. The minimum absolute atomic E-state index is 0.0102. The van der Waals surface area contributed by atoms with Gasteiger partial charge in [0.25, 0.3) is 0 Å². The molecule has 3 heterocycles. The summed E-state index contributed by atoms with van der Waals surface area (Å²) in [5.74, 6) is -1.32. The zero-order chi connectivity index (χ0) is 36.7. The molecule has 0 aliphatic heterocycles. The third-order valence-corrected chi connectivity index (χ3v) is 14.2. The van der Waals surface area contributed by atoms with Crippen LogP contribution in [0.1, 0.15) is 70.6 Å². The van der Waals surface area contributed by atoms with E-state index in [0.29, 0.717) is 23.2 Å². The second-order valence-electron chi connectivity index (χ2n) is 14.4. The SMILES string of the molecule is CCNC(=O)Nc1cc(-c2nc(C(F)(F)F)cs2)c(-c2ccc3c(c2)c(=O)c(C(=O)O)cn3C(CO[Si](C)(C)C(C)(C)C)C(C)(C)C)cn1. The molecule has 0 bridgehead atoms. The van der Waals surface area contributed by atoms with Gasteiger partial charge >= 0.3 is 18.2 Å². The Balaban J connectivity index is 1.95. The maximum Gasteiger partial charge on any atom is 0.434 e. The number of fused-ring (bicyclic) bond motifs is 1. The van der Waals surface area contributed by atoms with Crippen molar-refractivity contribution in [1.29, 1.82) is 0 Å². The lowest BCUT2D eigenvalue weighted by atomic mass is 9.86. The van der Waals surface area contributed by atoms with Crippen LogP contribution in [0.2, 0.25) is 18.1 Å². The van der Waals surface area contributed by atoms with E-state index in [1.165, 1.54) is 24.5 Å². The number of aromatic carboxylic acids is 1. The first-order valence-electron chi connectivity index (χ1n) is 15.7. The Bertz CT molecular complexity index is 1940. The van der Waals surface area contributed by atoms with E-state index in [0.717, 1.165) is 16.7 Å². The molecule has 1 aromatic carbocycles. The maximum absolute atomic E-state index is 13.7. The van der Waals surface area contributed by atoms with Gasteiger partial charge in [-0.25, -0.2) is 19.6 Å². The van der Waals surface area contributed by atoms with Crippen LogP contribution in [0.25, 0.3) is 32.6 Å². The summed E-state index contributed by atoms with van der Waals surface area (Å²) in [4.78, 5) is 46.4. The third-order valence-electron chi connectivity index (χ3n) is 8.83. The quantitative estimate of drug-likeness (QED) is 0.148. The number of hydrogen-bond donors (Lipinski definition) is 3. The van der Waals surface area contributed by atoms with Crippen LogP contribution in [0.3, 0.4) is 0 Å². The van der Waals surface area contributed by atoms with Crippen molar-refractivity contribution in [2.75, 3.05) is 18.5 Å². The Labute approximate surface area is 287 Å². The van der Waals surface area contributed by atoms with Gasteiger partial charge in [0.15, 0.2) is 14.0 Å². The number of amides is 2. The van der Waals surface area contributed by atoms with Crippen LogP contribution in [0, 0.1) is 5.41 Å². The molecule has 4 rings (SSSR count). The summed E-state index contributed by atoms with van der Waals surface area (Å²) >= 11 is 0.766. The molecule has 15 heteroatoms. The summed E-state index contributed by atoms with van der Waals surface area (Å²) < 4.78 is 49.0. The van der Waals surface area contributed by atoms with Gasteiger partial charge in [0, 0.05) is 40.8 Å². The highest BCUT2D eigenvalue weighted by Gasteiger charge is 2.39. The molecular weight excluding hydrogens is 676 g/mol. The highest BCUT2D eigenvalue weighted by Crippen LogP contribution is 2.41. The second-order valence-corrected chi connectivity index (χ2v) is 20.1. The van der Waals surface area contributed by atoms with Crippen molar-refractivity contribution >= 4 is 48.4 Å². The smallest absolute Gasteiger partial charge is 0.434 e. The van der Waals surface area contributed by atoms with Gasteiger partial charge in [-0.15, -0.1) is 11.3 Å². The zero-order valence-corrected chi connectivity index (χ0v) is 30.8. The normalized spacial score (nSPS) is 13.4. The van der Waals surface area contributed by atoms with Crippen LogP contribution in [0.4, 0.5) is 23.8 Å². The zero-order valence-electron chi connectivity index (χ0n) is 29.0. The number of nitrogens with zero attached hydrogens (tertiary/aromatic N) is 3. The summed E-state index contributed by atoms with van der Waals surface area (Å²) in [7, 11) is -2.22. The lowest BCUT2D eigenvalue weighted by Gasteiger charge is -2.40. The number of hydrogen-bond acceptors (Lipinski definition) is 7. The number of carboxylic acid groups (broad SMARTS) is 1. The molecule has 3 aromatic heterocycles. The number of anilines is 1. The number of carbonyl (C=O) groups is 2. The molecule has 2 amide bonds. The topological polar surface area (TPSA) is 135 Å². The fourth-order valence-corrected chi connectivity index (χ4v) is 6.83. The van der Waals surface area contributed by atoms with Gasteiger partial charge in [-0.2, -0.15) is 13.2 Å². The molecule has 10 nitrogen and oxygen atoms in total. The molecule has 0 aliphatic carbocycles. The Morgan fingerprint density at radius 2 is 1.76 bits per heavy atom. The predicted molar refractivity (Wildman–Crippen MR) is 189 cm³/mol. The molecule has 0 saturated heterocycles. The Kier molecular flexibility index (Phi) is 10.5. The minimum atomic E-state index is -4.68. The van der Waals surface area contributed by atoms with Crippen molar-refractivity contribution in [3.63, 3.8) is 0 Å². The van der Waals surface area contributed by atoms with Gasteiger partial charge in [0.2, 0.25) is 5.43 Å². The highest BCUT2D eigenvalue weighted by molar-refractivity contribution is 7.13. The lowest BCUT2D eigenvalue weighted by molar-refractivity contribution is -0.140. The third kappa shape index (κ3) is 8.22. The summed E-state index contributed by atoms with van der Waals surface area (Å²) in [6, 6.07) is 5.39. The van der Waals surface area contributed by atoms with E-state index >= 15 is 0 Å². The Morgan fingerprint density at radius 3 is 2.31 bits per heavy atom. The van der Waals surface area contributed by atoms with Crippen LogP contribution in [-0.2, 0) is 10.6 Å². The number of carbonyl (C=O) groups excluding carboxylic acids is 1. The van der Waals surface area contributed by atoms with Crippen molar-refractivity contribution in [3.8, 4) is 21.7 Å².